The van der Waals surface area contributed by atoms with Crippen molar-refractivity contribution < 1.29 is 23.4 Å². The molecule has 0 fully saturated rings. The highest BCUT2D eigenvalue weighted by atomic mass is 19.1. The summed E-state index contributed by atoms with van der Waals surface area (Å²) in [5.41, 5.74) is -0.00582. The zero-order valence-corrected chi connectivity index (χ0v) is 15.6. The second-order valence-corrected chi connectivity index (χ2v) is 5.86. The number of methoxy groups -OCH3 is 2. The van der Waals surface area contributed by atoms with Gasteiger partial charge in [0.25, 0.3) is 5.56 Å². The Labute approximate surface area is 160 Å². The molecular formula is C20H19FN2O5. The minimum Gasteiger partial charge on any atom is -0.493 e. The van der Waals surface area contributed by atoms with Gasteiger partial charge < -0.3 is 18.8 Å². The van der Waals surface area contributed by atoms with Crippen LogP contribution < -0.4 is 25.1 Å². The Hall–Kier alpha value is -3.55. The standard InChI is InChI=1S/C20H19FN2O5/c1-4-23-11-18(28-20(25)22-13-7-5-6-12(21)8-13)14-9-16(26-2)17(27-3)10-15(14)19(23)24/h5-11H,4H2,1-3H3,(H,22,25). The third-order valence-corrected chi connectivity index (χ3v) is 4.17. The lowest BCUT2D eigenvalue weighted by atomic mass is 10.1. The number of hydrogen-bond acceptors (Lipinski definition) is 5. The van der Waals surface area contributed by atoms with Gasteiger partial charge in [0, 0.05) is 17.6 Å². The van der Waals surface area contributed by atoms with Gasteiger partial charge in [0.15, 0.2) is 17.2 Å². The quantitative estimate of drug-likeness (QED) is 0.722. The zero-order valence-electron chi connectivity index (χ0n) is 15.6. The predicted molar refractivity (Wildman–Crippen MR) is 103 cm³/mol. The first-order chi connectivity index (χ1) is 13.5. The fourth-order valence-corrected chi connectivity index (χ4v) is 2.81. The smallest absolute Gasteiger partial charge is 0.417 e. The summed E-state index contributed by atoms with van der Waals surface area (Å²) in [5.74, 6) is 0.445. The molecule has 0 aliphatic carbocycles. The van der Waals surface area contributed by atoms with E-state index >= 15 is 0 Å². The maximum atomic E-state index is 13.3. The maximum Gasteiger partial charge on any atom is 0.417 e. The summed E-state index contributed by atoms with van der Waals surface area (Å²) in [4.78, 5) is 25.0. The van der Waals surface area contributed by atoms with Crippen molar-refractivity contribution in [3.63, 3.8) is 0 Å². The van der Waals surface area contributed by atoms with Gasteiger partial charge in [0.2, 0.25) is 0 Å². The number of hydrogen-bond donors (Lipinski definition) is 1. The molecule has 1 aromatic heterocycles. The molecule has 28 heavy (non-hydrogen) atoms. The highest BCUT2D eigenvalue weighted by Crippen LogP contribution is 2.35. The number of aromatic nitrogens is 1. The lowest BCUT2D eigenvalue weighted by molar-refractivity contribution is 0.215. The van der Waals surface area contributed by atoms with Crippen LogP contribution in [0.2, 0.25) is 0 Å². The van der Waals surface area contributed by atoms with Crippen molar-refractivity contribution in [1.29, 1.82) is 0 Å². The van der Waals surface area contributed by atoms with Crippen molar-refractivity contribution in [3.8, 4) is 17.2 Å². The Morgan fingerprint density at radius 3 is 2.36 bits per heavy atom. The molecule has 0 saturated carbocycles. The van der Waals surface area contributed by atoms with E-state index in [1.807, 2.05) is 0 Å². The monoisotopic (exact) mass is 386 g/mol. The Kier molecular flexibility index (Phi) is 5.49. The van der Waals surface area contributed by atoms with Gasteiger partial charge in [0.05, 0.1) is 25.8 Å². The summed E-state index contributed by atoms with van der Waals surface area (Å²) in [6.07, 6.45) is 0.629. The second kappa shape index (κ2) is 7.99. The molecule has 0 unspecified atom stereocenters. The van der Waals surface area contributed by atoms with E-state index in [-0.39, 0.29) is 17.0 Å². The molecule has 1 amide bonds. The highest BCUT2D eigenvalue weighted by molar-refractivity contribution is 5.94. The van der Waals surface area contributed by atoms with Gasteiger partial charge in [-0.05, 0) is 37.3 Å². The summed E-state index contributed by atoms with van der Waals surface area (Å²) in [7, 11) is 2.93. The van der Waals surface area contributed by atoms with Crippen LogP contribution >= 0.6 is 0 Å². The lowest BCUT2D eigenvalue weighted by Gasteiger charge is -2.14. The molecule has 0 aliphatic rings. The summed E-state index contributed by atoms with van der Waals surface area (Å²) >= 11 is 0. The second-order valence-electron chi connectivity index (χ2n) is 5.86. The van der Waals surface area contributed by atoms with Gasteiger partial charge >= 0.3 is 6.09 Å². The predicted octanol–water partition coefficient (Wildman–Crippen LogP) is 3.79. The summed E-state index contributed by atoms with van der Waals surface area (Å²) < 4.78 is 30.7. The first-order valence-corrected chi connectivity index (χ1v) is 8.50. The van der Waals surface area contributed by atoms with Gasteiger partial charge in [-0.25, -0.2) is 9.18 Å². The van der Waals surface area contributed by atoms with Crippen molar-refractivity contribution in [3.05, 3.63) is 58.8 Å². The van der Waals surface area contributed by atoms with Crippen LogP contribution in [-0.2, 0) is 6.54 Å². The molecule has 1 N–H and O–H groups in total. The number of aryl methyl sites for hydroxylation is 1. The molecule has 2 aromatic carbocycles. The normalized spacial score (nSPS) is 10.6. The lowest BCUT2D eigenvalue weighted by Crippen LogP contribution is -2.22. The van der Waals surface area contributed by atoms with Crippen LogP contribution in [0.4, 0.5) is 14.9 Å². The van der Waals surface area contributed by atoms with Crippen molar-refractivity contribution in [2.24, 2.45) is 0 Å². The number of carbonyl (C=O) groups excluding carboxylic acids is 1. The fraction of sp³-hybridized carbons (Fsp3) is 0.200. The maximum absolute atomic E-state index is 13.3. The molecule has 8 heteroatoms. The van der Waals surface area contributed by atoms with Gasteiger partial charge in [-0.1, -0.05) is 6.07 Å². The van der Waals surface area contributed by atoms with E-state index in [9.17, 15) is 14.0 Å². The van der Waals surface area contributed by atoms with Crippen LogP contribution in [0.25, 0.3) is 10.8 Å². The summed E-state index contributed by atoms with van der Waals surface area (Å²) in [6.45, 7) is 2.18. The Morgan fingerprint density at radius 2 is 1.75 bits per heavy atom. The SMILES string of the molecule is CCn1cc(OC(=O)Nc2cccc(F)c2)c2cc(OC)c(OC)cc2c1=O. The van der Waals surface area contributed by atoms with Crippen LogP contribution in [0.5, 0.6) is 17.2 Å². The molecular weight excluding hydrogens is 367 g/mol. The van der Waals surface area contributed by atoms with E-state index in [2.05, 4.69) is 5.32 Å². The average molecular weight is 386 g/mol. The largest absolute Gasteiger partial charge is 0.493 e. The number of nitrogens with zero attached hydrogens (tertiary/aromatic N) is 1. The van der Waals surface area contributed by atoms with Crippen LogP contribution in [0, 0.1) is 5.82 Å². The number of halogens is 1. The Morgan fingerprint density at radius 1 is 1.07 bits per heavy atom. The number of anilines is 1. The third kappa shape index (κ3) is 3.75. The summed E-state index contributed by atoms with van der Waals surface area (Å²) in [6, 6.07) is 8.54. The van der Waals surface area contributed by atoms with E-state index in [1.165, 1.54) is 49.2 Å². The van der Waals surface area contributed by atoms with Crippen molar-refractivity contribution in [1.82, 2.24) is 4.57 Å². The topological polar surface area (TPSA) is 78.8 Å². The molecule has 0 radical (unpaired) electrons. The fourth-order valence-electron chi connectivity index (χ4n) is 2.81. The number of rotatable bonds is 5. The van der Waals surface area contributed by atoms with E-state index < -0.39 is 11.9 Å². The minimum atomic E-state index is -0.817. The zero-order chi connectivity index (χ0) is 20.3. The number of amides is 1. The number of pyridine rings is 1. The van der Waals surface area contributed by atoms with Crippen LogP contribution in [-0.4, -0.2) is 24.9 Å². The molecule has 0 bridgehead atoms. The molecule has 3 aromatic rings. The first kappa shape index (κ1) is 19.2. The molecule has 3 rings (SSSR count). The van der Waals surface area contributed by atoms with Gasteiger partial charge in [0.1, 0.15) is 5.82 Å². The third-order valence-electron chi connectivity index (χ3n) is 4.17. The molecule has 0 atom stereocenters. The Bertz CT molecular complexity index is 1090. The average Bonchev–Trinajstić information content (AvgIpc) is 2.69. The first-order valence-electron chi connectivity index (χ1n) is 8.50. The minimum absolute atomic E-state index is 0.159. The van der Waals surface area contributed by atoms with Crippen LogP contribution in [0.3, 0.4) is 0 Å². The van der Waals surface area contributed by atoms with Crippen molar-refractivity contribution in [2.75, 3.05) is 19.5 Å². The molecule has 0 spiro atoms. The number of carbonyl (C=O) groups is 1. The molecule has 1 heterocycles. The number of fused-ring (bicyclic) bond motifs is 1. The van der Waals surface area contributed by atoms with E-state index in [4.69, 9.17) is 14.2 Å². The van der Waals surface area contributed by atoms with E-state index in [0.29, 0.717) is 28.8 Å². The van der Waals surface area contributed by atoms with Crippen molar-refractivity contribution in [2.45, 2.75) is 13.5 Å². The van der Waals surface area contributed by atoms with Crippen LogP contribution in [0.1, 0.15) is 6.92 Å². The number of nitrogens with one attached hydrogen (secondary N) is 1. The molecule has 0 saturated heterocycles. The van der Waals surface area contributed by atoms with Crippen LogP contribution in [0.15, 0.2) is 47.4 Å². The van der Waals surface area contributed by atoms with Gasteiger partial charge in [-0.15, -0.1) is 0 Å². The molecule has 0 aliphatic heterocycles. The van der Waals surface area contributed by atoms with E-state index in [0.717, 1.165) is 0 Å². The Balaban J connectivity index is 2.05. The highest BCUT2D eigenvalue weighted by Gasteiger charge is 2.17. The van der Waals surface area contributed by atoms with Crippen molar-refractivity contribution >= 4 is 22.6 Å². The number of benzene rings is 2. The summed E-state index contributed by atoms with van der Waals surface area (Å²) in [5, 5.41) is 3.16. The molecule has 7 nitrogen and oxygen atoms in total. The van der Waals surface area contributed by atoms with Gasteiger partial charge in [-0.3, -0.25) is 10.1 Å². The van der Waals surface area contributed by atoms with Gasteiger partial charge in [-0.2, -0.15) is 0 Å². The van der Waals surface area contributed by atoms with E-state index in [1.54, 1.807) is 19.1 Å². The number of ether oxygens (including phenoxy) is 3. The molecule has 146 valence electrons.